The molecule has 0 fully saturated rings. The number of hydrogen-bond acceptors (Lipinski definition) is 4. The van der Waals surface area contributed by atoms with Crippen LogP contribution in [0, 0.1) is 0 Å². The van der Waals surface area contributed by atoms with Crippen molar-refractivity contribution in [3.8, 4) is 0 Å². The van der Waals surface area contributed by atoms with Crippen LogP contribution >= 0.6 is 0 Å². The molecule has 0 aliphatic rings. The number of aliphatic hydroxyl groups excluding tert-OH is 1. The fraction of sp³-hybridized carbons (Fsp3) is 0.200. The molecule has 0 spiro atoms. The van der Waals surface area contributed by atoms with Crippen LogP contribution in [-0.4, -0.2) is 40.0 Å². The van der Waals surface area contributed by atoms with Gasteiger partial charge in [-0.1, -0.05) is 18.2 Å². The van der Waals surface area contributed by atoms with Gasteiger partial charge in [0.15, 0.2) is 0 Å². The minimum Gasteiger partial charge on any atom is -0.480 e. The van der Waals surface area contributed by atoms with Crippen molar-refractivity contribution in [1.29, 1.82) is 0 Å². The minimum absolute atomic E-state index is 0.333. The summed E-state index contributed by atoms with van der Waals surface area (Å²) in [5, 5.41) is 26.6. The number of carbonyl (C=O) groups is 2. The molecular weight excluding hydrogens is 214 g/mol. The van der Waals surface area contributed by atoms with Gasteiger partial charge in [-0.05, 0) is 12.1 Å². The Bertz CT molecular complexity index is 378. The number of benzene rings is 1. The Morgan fingerprint density at radius 1 is 1.19 bits per heavy atom. The van der Waals surface area contributed by atoms with Crippen LogP contribution in [-0.2, 0) is 9.59 Å². The SMILES string of the molecule is O=C(O)CN(c1ccccc1)C(O)C(=O)O. The van der Waals surface area contributed by atoms with Crippen molar-refractivity contribution in [2.24, 2.45) is 0 Å². The average Bonchev–Trinajstić information content (AvgIpc) is 2.26. The second kappa shape index (κ2) is 5.13. The molecule has 0 saturated carbocycles. The fourth-order valence-corrected chi connectivity index (χ4v) is 1.22. The smallest absolute Gasteiger partial charge is 0.354 e. The highest BCUT2D eigenvalue weighted by Gasteiger charge is 2.24. The molecule has 86 valence electrons. The molecule has 0 radical (unpaired) electrons. The molecular formula is C10H11NO5. The van der Waals surface area contributed by atoms with Gasteiger partial charge in [0.1, 0.15) is 6.54 Å². The molecule has 0 aliphatic heterocycles. The van der Waals surface area contributed by atoms with Gasteiger partial charge in [0.25, 0.3) is 0 Å². The van der Waals surface area contributed by atoms with E-state index in [1.54, 1.807) is 18.2 Å². The quantitative estimate of drug-likeness (QED) is 0.609. The lowest BCUT2D eigenvalue weighted by Gasteiger charge is -2.25. The van der Waals surface area contributed by atoms with Gasteiger partial charge in [-0.25, -0.2) is 4.79 Å². The van der Waals surface area contributed by atoms with Gasteiger partial charge in [-0.3, -0.25) is 4.79 Å². The Morgan fingerprint density at radius 2 is 1.75 bits per heavy atom. The lowest BCUT2D eigenvalue weighted by Crippen LogP contribution is -2.44. The highest BCUT2D eigenvalue weighted by Crippen LogP contribution is 2.15. The highest BCUT2D eigenvalue weighted by atomic mass is 16.4. The van der Waals surface area contributed by atoms with E-state index in [2.05, 4.69) is 0 Å². The predicted molar refractivity (Wildman–Crippen MR) is 55.1 cm³/mol. The number of anilines is 1. The molecule has 0 saturated heterocycles. The third kappa shape index (κ3) is 2.96. The Labute approximate surface area is 91.4 Å². The molecule has 0 amide bonds. The first kappa shape index (κ1) is 12.0. The van der Waals surface area contributed by atoms with E-state index in [0.29, 0.717) is 5.69 Å². The maximum absolute atomic E-state index is 10.6. The van der Waals surface area contributed by atoms with Gasteiger partial charge in [-0.15, -0.1) is 0 Å². The van der Waals surface area contributed by atoms with E-state index in [-0.39, 0.29) is 0 Å². The zero-order chi connectivity index (χ0) is 12.1. The van der Waals surface area contributed by atoms with E-state index in [4.69, 9.17) is 10.2 Å². The van der Waals surface area contributed by atoms with E-state index in [0.717, 1.165) is 4.90 Å². The highest BCUT2D eigenvalue weighted by molar-refractivity contribution is 5.81. The first-order valence-corrected chi connectivity index (χ1v) is 4.46. The van der Waals surface area contributed by atoms with Gasteiger partial charge in [0.2, 0.25) is 6.23 Å². The molecule has 0 aliphatic carbocycles. The summed E-state index contributed by atoms with van der Waals surface area (Å²) in [5.41, 5.74) is 0.333. The molecule has 1 rings (SSSR count). The zero-order valence-electron chi connectivity index (χ0n) is 8.28. The summed E-state index contributed by atoms with van der Waals surface area (Å²) < 4.78 is 0. The van der Waals surface area contributed by atoms with Crippen molar-refractivity contribution in [1.82, 2.24) is 0 Å². The number of nitrogens with zero attached hydrogens (tertiary/aromatic N) is 1. The second-order valence-electron chi connectivity index (χ2n) is 3.07. The molecule has 1 aromatic rings. The van der Waals surface area contributed by atoms with Crippen LogP contribution in [0.1, 0.15) is 0 Å². The topological polar surface area (TPSA) is 98.1 Å². The molecule has 1 aromatic carbocycles. The number of aliphatic hydroxyl groups is 1. The van der Waals surface area contributed by atoms with Crippen LogP contribution in [0.25, 0.3) is 0 Å². The normalized spacial score (nSPS) is 11.8. The first-order chi connectivity index (χ1) is 7.52. The van der Waals surface area contributed by atoms with Crippen LogP contribution in [0.2, 0.25) is 0 Å². The molecule has 6 nitrogen and oxygen atoms in total. The molecule has 0 heterocycles. The minimum atomic E-state index is -1.88. The van der Waals surface area contributed by atoms with Gasteiger partial charge in [0, 0.05) is 5.69 Å². The van der Waals surface area contributed by atoms with Crippen LogP contribution < -0.4 is 4.90 Å². The average molecular weight is 225 g/mol. The van der Waals surface area contributed by atoms with Crippen LogP contribution in [0.5, 0.6) is 0 Å². The Kier molecular flexibility index (Phi) is 3.84. The molecule has 1 unspecified atom stereocenters. The molecule has 6 heteroatoms. The van der Waals surface area contributed by atoms with Gasteiger partial charge < -0.3 is 20.2 Å². The van der Waals surface area contributed by atoms with Crippen LogP contribution in [0.4, 0.5) is 5.69 Å². The summed E-state index contributed by atoms with van der Waals surface area (Å²) in [5.74, 6) is -2.71. The van der Waals surface area contributed by atoms with Gasteiger partial charge >= 0.3 is 11.9 Å². The largest absolute Gasteiger partial charge is 0.480 e. The number of carboxylic acids is 2. The fourth-order valence-electron chi connectivity index (χ4n) is 1.22. The van der Waals surface area contributed by atoms with Crippen molar-refractivity contribution in [3.63, 3.8) is 0 Å². The maximum Gasteiger partial charge on any atom is 0.354 e. The summed E-state index contributed by atoms with van der Waals surface area (Å²) in [4.78, 5) is 22.1. The molecule has 0 aromatic heterocycles. The van der Waals surface area contributed by atoms with Crippen molar-refractivity contribution >= 4 is 17.6 Å². The molecule has 16 heavy (non-hydrogen) atoms. The number of rotatable bonds is 5. The Hall–Kier alpha value is -2.08. The van der Waals surface area contributed by atoms with E-state index in [1.165, 1.54) is 12.1 Å². The Balaban J connectivity index is 2.96. The number of para-hydroxylation sites is 1. The van der Waals surface area contributed by atoms with Crippen molar-refractivity contribution < 1.29 is 24.9 Å². The van der Waals surface area contributed by atoms with E-state index in [9.17, 15) is 14.7 Å². The van der Waals surface area contributed by atoms with Gasteiger partial charge in [-0.2, -0.15) is 0 Å². The third-order valence-electron chi connectivity index (χ3n) is 1.91. The van der Waals surface area contributed by atoms with Crippen molar-refractivity contribution in [3.05, 3.63) is 30.3 Å². The summed E-state index contributed by atoms with van der Waals surface area (Å²) >= 11 is 0. The standard InChI is InChI=1S/C10H11NO5/c12-8(13)6-11(9(14)10(15)16)7-4-2-1-3-5-7/h1-5,9,14H,6H2,(H,12,13)(H,15,16). The Morgan fingerprint density at radius 3 is 2.19 bits per heavy atom. The van der Waals surface area contributed by atoms with Gasteiger partial charge in [0.05, 0.1) is 0 Å². The zero-order valence-corrected chi connectivity index (χ0v) is 8.28. The molecule has 0 bridgehead atoms. The van der Waals surface area contributed by atoms with Crippen molar-refractivity contribution in [2.45, 2.75) is 6.23 Å². The molecule has 3 N–H and O–H groups in total. The third-order valence-corrected chi connectivity index (χ3v) is 1.91. The second-order valence-corrected chi connectivity index (χ2v) is 3.07. The number of carboxylic acid groups (broad SMARTS) is 2. The maximum atomic E-state index is 10.6. The number of aliphatic carboxylic acids is 2. The van der Waals surface area contributed by atoms with E-state index < -0.39 is 24.7 Å². The first-order valence-electron chi connectivity index (χ1n) is 4.46. The summed E-state index contributed by atoms with van der Waals surface area (Å²) in [7, 11) is 0. The number of hydrogen-bond donors (Lipinski definition) is 3. The van der Waals surface area contributed by atoms with E-state index >= 15 is 0 Å². The monoisotopic (exact) mass is 225 g/mol. The summed E-state index contributed by atoms with van der Waals surface area (Å²) in [6, 6.07) is 8.00. The van der Waals surface area contributed by atoms with Crippen LogP contribution in [0.3, 0.4) is 0 Å². The van der Waals surface area contributed by atoms with Crippen LogP contribution in [0.15, 0.2) is 30.3 Å². The lowest BCUT2D eigenvalue weighted by atomic mass is 10.2. The van der Waals surface area contributed by atoms with Crippen molar-refractivity contribution in [2.75, 3.05) is 11.4 Å². The predicted octanol–water partition coefficient (Wildman–Crippen LogP) is -0.0194. The summed E-state index contributed by atoms with van der Waals surface area (Å²) in [6.45, 7) is -0.586. The summed E-state index contributed by atoms with van der Waals surface area (Å²) in [6.07, 6.45) is -1.88. The lowest BCUT2D eigenvalue weighted by molar-refractivity contribution is -0.147. The molecule has 1 atom stereocenters. The van der Waals surface area contributed by atoms with E-state index in [1.807, 2.05) is 0 Å².